The zero-order valence-corrected chi connectivity index (χ0v) is 11.4. The van der Waals surface area contributed by atoms with Gasteiger partial charge in [-0.15, -0.1) is 0 Å². The van der Waals surface area contributed by atoms with Crippen molar-refractivity contribution in [1.82, 2.24) is 4.98 Å². The number of hydrogen-bond acceptors (Lipinski definition) is 5. The molecule has 100 valence electrons. The number of aliphatic hydroxyl groups is 2. The van der Waals surface area contributed by atoms with Gasteiger partial charge < -0.3 is 20.6 Å². The molecule has 0 spiro atoms. The Hall–Kier alpha value is -1.18. The van der Waals surface area contributed by atoms with E-state index in [2.05, 4.69) is 26.2 Å². The number of carbonyl (C=O) groups is 1. The lowest BCUT2D eigenvalue weighted by molar-refractivity contribution is 0.0696. The molecule has 1 rings (SSSR count). The number of aromatic nitrogens is 1. The summed E-state index contributed by atoms with van der Waals surface area (Å²) in [6.45, 7) is 1.13. The second-order valence-corrected chi connectivity index (χ2v) is 4.85. The van der Waals surface area contributed by atoms with Crippen LogP contribution in [0.15, 0.2) is 16.7 Å². The molecule has 0 atom stereocenters. The summed E-state index contributed by atoms with van der Waals surface area (Å²) in [5, 5.41) is 30.5. The summed E-state index contributed by atoms with van der Waals surface area (Å²) in [7, 11) is 0. The van der Waals surface area contributed by atoms with Crippen LogP contribution in [0, 0.1) is 0 Å². The summed E-state index contributed by atoms with van der Waals surface area (Å²) in [6.07, 6.45) is 1.88. The molecular weight excluding hydrogens is 304 g/mol. The molecule has 6 nitrogen and oxygen atoms in total. The van der Waals surface area contributed by atoms with Crippen LogP contribution >= 0.6 is 15.9 Å². The molecular formula is C11H15BrN2O4. The maximum Gasteiger partial charge on any atom is 0.339 e. The van der Waals surface area contributed by atoms with Gasteiger partial charge in [0, 0.05) is 10.7 Å². The predicted octanol–water partition coefficient (Wildman–Crippen LogP) is 1.09. The van der Waals surface area contributed by atoms with Gasteiger partial charge >= 0.3 is 5.97 Å². The molecule has 4 N–H and O–H groups in total. The average molecular weight is 319 g/mol. The van der Waals surface area contributed by atoms with Crippen molar-refractivity contribution in [3.8, 4) is 0 Å². The Kier molecular flexibility index (Phi) is 5.06. The van der Waals surface area contributed by atoms with Gasteiger partial charge in [0.2, 0.25) is 0 Å². The lowest BCUT2D eigenvalue weighted by atomic mass is 9.98. The minimum Gasteiger partial charge on any atom is -0.478 e. The molecule has 18 heavy (non-hydrogen) atoms. The number of halogens is 1. The number of aromatic carboxylic acids is 1. The molecule has 0 saturated carbocycles. The van der Waals surface area contributed by atoms with Gasteiger partial charge in [-0.2, -0.15) is 0 Å². The van der Waals surface area contributed by atoms with E-state index >= 15 is 0 Å². The molecule has 1 aromatic rings. The maximum absolute atomic E-state index is 11.1. The SMILES string of the molecule is CCC(CO)(CO)Nc1ncc(Br)cc1C(=O)O. The number of carboxylic acid groups (broad SMARTS) is 1. The predicted molar refractivity (Wildman–Crippen MR) is 69.7 cm³/mol. The number of nitrogens with one attached hydrogen (secondary N) is 1. The van der Waals surface area contributed by atoms with Gasteiger partial charge in [0.25, 0.3) is 0 Å². The molecule has 0 fully saturated rings. The fraction of sp³-hybridized carbons (Fsp3) is 0.455. The summed E-state index contributed by atoms with van der Waals surface area (Å²) >= 11 is 3.14. The quantitative estimate of drug-likeness (QED) is 0.626. The third-order valence-corrected chi connectivity index (χ3v) is 3.18. The molecule has 0 aromatic carbocycles. The van der Waals surface area contributed by atoms with Gasteiger partial charge in [-0.3, -0.25) is 0 Å². The van der Waals surface area contributed by atoms with E-state index in [4.69, 9.17) is 5.11 Å². The van der Waals surface area contributed by atoms with Crippen LogP contribution in [0.5, 0.6) is 0 Å². The van der Waals surface area contributed by atoms with E-state index in [1.165, 1.54) is 12.3 Å². The molecule has 7 heteroatoms. The van der Waals surface area contributed by atoms with Gasteiger partial charge in [0.15, 0.2) is 0 Å². The zero-order valence-electron chi connectivity index (χ0n) is 9.85. The van der Waals surface area contributed by atoms with Crippen molar-refractivity contribution < 1.29 is 20.1 Å². The number of nitrogens with zero attached hydrogens (tertiary/aromatic N) is 1. The van der Waals surface area contributed by atoms with E-state index in [1.54, 1.807) is 6.92 Å². The Morgan fingerprint density at radius 2 is 2.11 bits per heavy atom. The van der Waals surface area contributed by atoms with E-state index in [-0.39, 0.29) is 24.6 Å². The Bertz CT molecular complexity index is 427. The Morgan fingerprint density at radius 1 is 1.50 bits per heavy atom. The maximum atomic E-state index is 11.1. The smallest absolute Gasteiger partial charge is 0.339 e. The highest BCUT2D eigenvalue weighted by atomic mass is 79.9. The van der Waals surface area contributed by atoms with E-state index in [0.717, 1.165) is 0 Å². The lowest BCUT2D eigenvalue weighted by Gasteiger charge is -2.30. The molecule has 0 aliphatic carbocycles. The largest absolute Gasteiger partial charge is 0.478 e. The van der Waals surface area contributed by atoms with E-state index in [9.17, 15) is 15.0 Å². The highest BCUT2D eigenvalue weighted by Gasteiger charge is 2.28. The molecule has 0 aliphatic heterocycles. The first-order valence-corrected chi connectivity index (χ1v) is 6.16. The number of rotatable bonds is 6. The first-order chi connectivity index (χ1) is 8.48. The van der Waals surface area contributed by atoms with Crippen molar-refractivity contribution >= 4 is 27.7 Å². The topological polar surface area (TPSA) is 103 Å². The molecule has 0 aliphatic rings. The number of aliphatic hydroxyl groups excluding tert-OH is 2. The zero-order chi connectivity index (χ0) is 13.8. The van der Waals surface area contributed by atoms with Gasteiger partial charge in [-0.05, 0) is 28.4 Å². The summed E-state index contributed by atoms with van der Waals surface area (Å²) in [4.78, 5) is 15.1. The Morgan fingerprint density at radius 3 is 2.56 bits per heavy atom. The fourth-order valence-electron chi connectivity index (χ4n) is 1.39. The number of anilines is 1. The van der Waals surface area contributed by atoms with Gasteiger partial charge in [-0.1, -0.05) is 6.92 Å². The summed E-state index contributed by atoms with van der Waals surface area (Å²) in [6, 6.07) is 1.41. The first-order valence-electron chi connectivity index (χ1n) is 5.36. The Labute approximate surface area is 113 Å². The second-order valence-electron chi connectivity index (χ2n) is 3.93. The van der Waals surface area contributed by atoms with Gasteiger partial charge in [-0.25, -0.2) is 9.78 Å². The average Bonchev–Trinajstić information content (AvgIpc) is 2.37. The highest BCUT2D eigenvalue weighted by Crippen LogP contribution is 2.23. The number of carboxylic acids is 1. The van der Waals surface area contributed by atoms with Gasteiger partial charge in [0.05, 0.1) is 18.8 Å². The standard InChI is InChI=1S/C11H15BrN2O4/c1-2-11(5-15,6-16)14-9-8(10(17)18)3-7(12)4-13-9/h3-4,15-16H,2,5-6H2,1H3,(H,13,14)(H,17,18). The minimum absolute atomic E-state index is 0.0240. The monoisotopic (exact) mass is 318 g/mol. The van der Waals surface area contributed by atoms with Crippen molar-refractivity contribution in [3.63, 3.8) is 0 Å². The molecule has 0 saturated heterocycles. The van der Waals surface area contributed by atoms with Crippen LogP contribution in [-0.4, -0.2) is 45.0 Å². The molecule has 0 radical (unpaired) electrons. The van der Waals surface area contributed by atoms with Crippen LogP contribution in [0.25, 0.3) is 0 Å². The van der Waals surface area contributed by atoms with Crippen molar-refractivity contribution in [3.05, 3.63) is 22.3 Å². The summed E-state index contributed by atoms with van der Waals surface area (Å²) in [5.41, 5.74) is -1.01. The first kappa shape index (κ1) is 14.9. The fourth-order valence-corrected chi connectivity index (χ4v) is 1.73. The molecule has 1 heterocycles. The van der Waals surface area contributed by atoms with E-state index in [1.807, 2.05) is 0 Å². The van der Waals surface area contributed by atoms with Crippen LogP contribution < -0.4 is 5.32 Å². The highest BCUT2D eigenvalue weighted by molar-refractivity contribution is 9.10. The van der Waals surface area contributed by atoms with E-state index in [0.29, 0.717) is 10.9 Å². The van der Waals surface area contributed by atoms with Crippen molar-refractivity contribution in [2.24, 2.45) is 0 Å². The van der Waals surface area contributed by atoms with Crippen molar-refractivity contribution in [2.45, 2.75) is 18.9 Å². The molecule has 0 unspecified atom stereocenters. The van der Waals surface area contributed by atoms with Crippen molar-refractivity contribution in [2.75, 3.05) is 18.5 Å². The molecule has 0 bridgehead atoms. The van der Waals surface area contributed by atoms with E-state index < -0.39 is 11.5 Å². The Balaban J connectivity index is 3.13. The van der Waals surface area contributed by atoms with Crippen LogP contribution in [0.4, 0.5) is 5.82 Å². The number of hydrogen-bond donors (Lipinski definition) is 4. The molecule has 0 amide bonds. The van der Waals surface area contributed by atoms with Gasteiger partial charge in [0.1, 0.15) is 11.4 Å². The van der Waals surface area contributed by atoms with Crippen LogP contribution in [-0.2, 0) is 0 Å². The minimum atomic E-state index is -1.13. The van der Waals surface area contributed by atoms with Crippen LogP contribution in [0.2, 0.25) is 0 Å². The van der Waals surface area contributed by atoms with Crippen LogP contribution in [0.3, 0.4) is 0 Å². The third-order valence-electron chi connectivity index (χ3n) is 2.75. The molecule has 1 aromatic heterocycles. The summed E-state index contributed by atoms with van der Waals surface area (Å²) in [5.74, 6) is -1.01. The second kappa shape index (κ2) is 6.12. The lowest BCUT2D eigenvalue weighted by Crippen LogP contribution is -2.45. The van der Waals surface area contributed by atoms with Crippen molar-refractivity contribution in [1.29, 1.82) is 0 Å². The summed E-state index contributed by atoms with van der Waals surface area (Å²) < 4.78 is 0.542. The third kappa shape index (κ3) is 3.18. The normalized spacial score (nSPS) is 11.3. The number of pyridine rings is 1. The van der Waals surface area contributed by atoms with Crippen LogP contribution in [0.1, 0.15) is 23.7 Å².